The monoisotopic (exact) mass is 399 g/mol. The van der Waals surface area contributed by atoms with Crippen LogP contribution in [0.4, 0.5) is 5.69 Å². The number of carbonyl (C=O) groups is 1. The third-order valence-electron chi connectivity index (χ3n) is 4.90. The van der Waals surface area contributed by atoms with Crippen LogP contribution in [0.5, 0.6) is 5.75 Å². The first-order valence-corrected chi connectivity index (χ1v) is 9.54. The van der Waals surface area contributed by atoms with Crippen LogP contribution < -0.4 is 15.6 Å². The SMILES string of the molecule is COc1ccc(NC(=O)c2cc3cccnc3n(Cc3ccc(C)cc3)c2=O)cc1. The van der Waals surface area contributed by atoms with Crippen LogP contribution >= 0.6 is 0 Å². The first-order valence-electron chi connectivity index (χ1n) is 9.54. The molecule has 2 aromatic carbocycles. The van der Waals surface area contributed by atoms with Gasteiger partial charge in [0.15, 0.2) is 0 Å². The summed E-state index contributed by atoms with van der Waals surface area (Å²) in [6.07, 6.45) is 1.64. The topological polar surface area (TPSA) is 73.2 Å². The number of amides is 1. The fourth-order valence-electron chi connectivity index (χ4n) is 3.26. The molecule has 4 rings (SSSR count). The van der Waals surface area contributed by atoms with E-state index in [1.54, 1.807) is 54.3 Å². The van der Waals surface area contributed by atoms with Gasteiger partial charge in [-0.05, 0) is 55.0 Å². The molecule has 0 saturated carbocycles. The van der Waals surface area contributed by atoms with E-state index in [1.165, 1.54) is 0 Å². The van der Waals surface area contributed by atoms with E-state index in [4.69, 9.17) is 4.74 Å². The number of nitrogens with zero attached hydrogens (tertiary/aromatic N) is 2. The molecular weight excluding hydrogens is 378 g/mol. The number of methoxy groups -OCH3 is 1. The van der Waals surface area contributed by atoms with Crippen molar-refractivity contribution in [3.8, 4) is 5.75 Å². The van der Waals surface area contributed by atoms with Crippen molar-refractivity contribution < 1.29 is 9.53 Å². The zero-order chi connectivity index (χ0) is 21.1. The Balaban J connectivity index is 1.74. The van der Waals surface area contributed by atoms with Crippen LogP contribution in [0, 0.1) is 6.92 Å². The zero-order valence-electron chi connectivity index (χ0n) is 16.8. The molecular formula is C24H21N3O3. The number of fused-ring (bicyclic) bond motifs is 1. The van der Waals surface area contributed by atoms with Crippen LogP contribution in [0.1, 0.15) is 21.5 Å². The Labute approximate surface area is 173 Å². The molecule has 0 atom stereocenters. The lowest BCUT2D eigenvalue weighted by atomic mass is 10.1. The highest BCUT2D eigenvalue weighted by Crippen LogP contribution is 2.17. The molecule has 0 bridgehead atoms. The second kappa shape index (κ2) is 8.21. The van der Waals surface area contributed by atoms with Crippen molar-refractivity contribution in [2.45, 2.75) is 13.5 Å². The Morgan fingerprint density at radius 3 is 2.50 bits per heavy atom. The molecule has 1 N–H and O–H groups in total. The molecule has 0 aliphatic carbocycles. The van der Waals surface area contributed by atoms with Crippen molar-refractivity contribution in [1.82, 2.24) is 9.55 Å². The van der Waals surface area contributed by atoms with Gasteiger partial charge in [0.1, 0.15) is 17.0 Å². The highest BCUT2D eigenvalue weighted by atomic mass is 16.5. The lowest BCUT2D eigenvalue weighted by Gasteiger charge is -2.13. The first kappa shape index (κ1) is 19.4. The fraction of sp³-hybridized carbons (Fsp3) is 0.125. The van der Waals surface area contributed by atoms with Gasteiger partial charge < -0.3 is 10.1 Å². The van der Waals surface area contributed by atoms with Gasteiger partial charge >= 0.3 is 0 Å². The molecule has 6 nitrogen and oxygen atoms in total. The summed E-state index contributed by atoms with van der Waals surface area (Å²) in [7, 11) is 1.58. The standard InChI is InChI=1S/C24H21N3O3/c1-16-5-7-17(8-6-16)15-27-22-18(4-3-13-25-22)14-21(24(27)29)23(28)26-19-9-11-20(30-2)12-10-19/h3-14H,15H2,1-2H3,(H,26,28). The third-order valence-corrected chi connectivity index (χ3v) is 4.90. The van der Waals surface area contributed by atoms with Crippen molar-refractivity contribution >= 4 is 22.6 Å². The number of pyridine rings is 2. The van der Waals surface area contributed by atoms with Gasteiger partial charge in [0.25, 0.3) is 11.5 Å². The van der Waals surface area contributed by atoms with Crippen molar-refractivity contribution in [2.75, 3.05) is 12.4 Å². The Morgan fingerprint density at radius 1 is 1.07 bits per heavy atom. The van der Waals surface area contributed by atoms with Gasteiger partial charge in [-0.3, -0.25) is 14.2 Å². The minimum absolute atomic E-state index is 0.0680. The van der Waals surface area contributed by atoms with Gasteiger partial charge in [-0.15, -0.1) is 0 Å². The molecule has 2 heterocycles. The van der Waals surface area contributed by atoms with Crippen LogP contribution in [0.3, 0.4) is 0 Å². The minimum atomic E-state index is -0.464. The number of aryl methyl sites for hydroxylation is 1. The third kappa shape index (κ3) is 3.93. The Bertz CT molecular complexity index is 1260. The second-order valence-electron chi connectivity index (χ2n) is 7.03. The van der Waals surface area contributed by atoms with Crippen molar-refractivity contribution in [3.63, 3.8) is 0 Å². The van der Waals surface area contributed by atoms with E-state index in [0.717, 1.165) is 16.5 Å². The maximum atomic E-state index is 13.2. The summed E-state index contributed by atoms with van der Waals surface area (Å²) in [6.45, 7) is 2.34. The van der Waals surface area contributed by atoms with Crippen molar-refractivity contribution in [2.24, 2.45) is 0 Å². The summed E-state index contributed by atoms with van der Waals surface area (Å²) >= 11 is 0. The summed E-state index contributed by atoms with van der Waals surface area (Å²) in [4.78, 5) is 30.5. The number of nitrogens with one attached hydrogen (secondary N) is 1. The highest BCUT2D eigenvalue weighted by Gasteiger charge is 2.17. The summed E-state index contributed by atoms with van der Waals surface area (Å²) < 4.78 is 6.68. The molecule has 0 fully saturated rings. The highest BCUT2D eigenvalue weighted by molar-refractivity contribution is 6.05. The second-order valence-corrected chi connectivity index (χ2v) is 7.03. The smallest absolute Gasteiger partial charge is 0.265 e. The maximum absolute atomic E-state index is 13.2. The number of hydrogen-bond donors (Lipinski definition) is 1. The van der Waals surface area contributed by atoms with Gasteiger partial charge in [0.05, 0.1) is 13.7 Å². The predicted molar refractivity (Wildman–Crippen MR) is 117 cm³/mol. The van der Waals surface area contributed by atoms with Crippen LogP contribution in [0.2, 0.25) is 0 Å². The number of anilines is 1. The molecule has 0 aliphatic rings. The summed E-state index contributed by atoms with van der Waals surface area (Å²) in [5.41, 5.74) is 2.91. The van der Waals surface area contributed by atoms with E-state index in [-0.39, 0.29) is 11.1 Å². The Kier molecular flexibility index (Phi) is 5.30. The molecule has 150 valence electrons. The Morgan fingerprint density at radius 2 is 1.80 bits per heavy atom. The molecule has 0 unspecified atom stereocenters. The number of rotatable bonds is 5. The molecule has 0 spiro atoms. The number of hydrogen-bond acceptors (Lipinski definition) is 4. The van der Waals surface area contributed by atoms with E-state index in [2.05, 4.69) is 10.3 Å². The maximum Gasteiger partial charge on any atom is 0.265 e. The van der Waals surface area contributed by atoms with Gasteiger partial charge in [0, 0.05) is 17.3 Å². The van der Waals surface area contributed by atoms with E-state index in [0.29, 0.717) is 23.6 Å². The normalized spacial score (nSPS) is 10.7. The zero-order valence-corrected chi connectivity index (χ0v) is 16.8. The summed E-state index contributed by atoms with van der Waals surface area (Å²) in [5, 5.41) is 3.51. The molecule has 2 aromatic heterocycles. The fourth-order valence-corrected chi connectivity index (χ4v) is 3.26. The van der Waals surface area contributed by atoms with Gasteiger partial charge in [-0.2, -0.15) is 0 Å². The molecule has 4 aromatic rings. The van der Waals surface area contributed by atoms with Gasteiger partial charge in [-0.1, -0.05) is 29.8 Å². The van der Waals surface area contributed by atoms with Crippen LogP contribution in [0.25, 0.3) is 11.0 Å². The van der Waals surface area contributed by atoms with Crippen molar-refractivity contribution in [1.29, 1.82) is 0 Å². The largest absolute Gasteiger partial charge is 0.497 e. The average molecular weight is 399 g/mol. The number of ether oxygens (including phenoxy) is 1. The minimum Gasteiger partial charge on any atom is -0.497 e. The number of aromatic nitrogens is 2. The molecule has 6 heteroatoms. The molecule has 1 amide bonds. The van der Waals surface area contributed by atoms with Crippen LogP contribution in [-0.2, 0) is 6.54 Å². The van der Waals surface area contributed by atoms with E-state index in [1.807, 2.05) is 37.3 Å². The van der Waals surface area contributed by atoms with E-state index in [9.17, 15) is 9.59 Å². The molecule has 30 heavy (non-hydrogen) atoms. The van der Waals surface area contributed by atoms with Crippen LogP contribution in [0.15, 0.2) is 77.7 Å². The predicted octanol–water partition coefficient (Wildman–Crippen LogP) is 4.01. The van der Waals surface area contributed by atoms with E-state index >= 15 is 0 Å². The van der Waals surface area contributed by atoms with Gasteiger partial charge in [0.2, 0.25) is 0 Å². The van der Waals surface area contributed by atoms with E-state index < -0.39 is 5.91 Å². The molecule has 0 aliphatic heterocycles. The molecule has 0 saturated heterocycles. The van der Waals surface area contributed by atoms with Crippen LogP contribution in [-0.4, -0.2) is 22.6 Å². The Hall–Kier alpha value is -3.93. The van der Waals surface area contributed by atoms with Gasteiger partial charge in [-0.25, -0.2) is 4.98 Å². The summed E-state index contributed by atoms with van der Waals surface area (Å²) in [5.74, 6) is 0.221. The average Bonchev–Trinajstić information content (AvgIpc) is 2.77. The first-order chi connectivity index (χ1) is 14.5. The lowest BCUT2D eigenvalue weighted by Crippen LogP contribution is -2.30. The number of carbonyl (C=O) groups excluding carboxylic acids is 1. The van der Waals surface area contributed by atoms with Crippen molar-refractivity contribution in [3.05, 3.63) is 100.0 Å². The quantitative estimate of drug-likeness (QED) is 0.550. The number of benzene rings is 2. The summed E-state index contributed by atoms with van der Waals surface area (Å²) in [6, 6.07) is 20.1. The molecule has 0 radical (unpaired) electrons. The lowest BCUT2D eigenvalue weighted by molar-refractivity contribution is 0.102.